The highest BCUT2D eigenvalue weighted by atomic mass is 19.4. The molecule has 0 radical (unpaired) electrons. The van der Waals surface area contributed by atoms with E-state index in [1.54, 1.807) is 7.11 Å². The van der Waals surface area contributed by atoms with Crippen LogP contribution < -0.4 is 10.5 Å². The van der Waals surface area contributed by atoms with Gasteiger partial charge < -0.3 is 15.2 Å². The van der Waals surface area contributed by atoms with Crippen molar-refractivity contribution in [3.8, 4) is 5.88 Å². The van der Waals surface area contributed by atoms with E-state index >= 15 is 0 Å². The molecule has 1 heterocycles. The maximum Gasteiger partial charge on any atom is 0.433 e. The Kier molecular flexibility index (Phi) is 5.35. The Morgan fingerprint density at radius 1 is 1.25 bits per heavy atom. The number of ether oxygens (including phenoxy) is 2. The molecule has 0 amide bonds. The summed E-state index contributed by atoms with van der Waals surface area (Å²) in [5.74, 6) is -0.0748. The van der Waals surface area contributed by atoms with Crippen LogP contribution in [0.1, 0.15) is 31.5 Å². The summed E-state index contributed by atoms with van der Waals surface area (Å²) in [5, 5.41) is 0. The molecule has 0 fully saturated rings. The van der Waals surface area contributed by atoms with Crippen molar-refractivity contribution in [1.29, 1.82) is 0 Å². The van der Waals surface area contributed by atoms with Crippen molar-refractivity contribution in [3.05, 3.63) is 23.4 Å². The summed E-state index contributed by atoms with van der Waals surface area (Å²) in [7, 11) is 1.56. The Morgan fingerprint density at radius 3 is 2.40 bits per heavy atom. The van der Waals surface area contributed by atoms with Crippen LogP contribution in [0.3, 0.4) is 0 Å². The number of hydrogen-bond acceptors (Lipinski definition) is 4. The smallest absolute Gasteiger partial charge is 0.433 e. The Hall–Kier alpha value is -1.34. The van der Waals surface area contributed by atoms with Crippen LogP contribution in [0.25, 0.3) is 0 Å². The first-order chi connectivity index (χ1) is 9.19. The number of aromatic nitrogens is 1. The van der Waals surface area contributed by atoms with Crippen molar-refractivity contribution in [2.75, 3.05) is 13.7 Å². The predicted octanol–water partition coefficient (Wildman–Crippen LogP) is 2.75. The fourth-order valence-electron chi connectivity index (χ4n) is 1.40. The number of nitrogens with zero attached hydrogens (tertiary/aromatic N) is 1. The van der Waals surface area contributed by atoms with E-state index in [1.807, 2.05) is 13.8 Å². The third kappa shape index (κ3) is 4.64. The minimum atomic E-state index is -4.50. The molecule has 0 saturated carbocycles. The molecule has 4 nitrogen and oxygen atoms in total. The van der Waals surface area contributed by atoms with Crippen LogP contribution in [0, 0.1) is 0 Å². The predicted molar refractivity (Wildman–Crippen MR) is 68.3 cm³/mol. The van der Waals surface area contributed by atoms with Gasteiger partial charge in [0.25, 0.3) is 0 Å². The molecule has 0 aliphatic heterocycles. The minimum Gasteiger partial charge on any atom is -0.477 e. The highest BCUT2D eigenvalue weighted by Gasteiger charge is 2.33. The first-order valence-electron chi connectivity index (χ1n) is 6.15. The monoisotopic (exact) mass is 292 g/mol. The summed E-state index contributed by atoms with van der Waals surface area (Å²) < 4.78 is 48.3. The number of hydrogen-bond donors (Lipinski definition) is 1. The van der Waals surface area contributed by atoms with E-state index in [-0.39, 0.29) is 19.0 Å². The zero-order chi connectivity index (χ0) is 15.4. The summed E-state index contributed by atoms with van der Waals surface area (Å²) in [4.78, 5) is 3.49. The summed E-state index contributed by atoms with van der Waals surface area (Å²) in [6, 6.07) is 2.18. The number of pyridine rings is 1. The van der Waals surface area contributed by atoms with Crippen molar-refractivity contribution < 1.29 is 22.6 Å². The molecule has 0 saturated heterocycles. The second kappa shape index (κ2) is 6.41. The van der Waals surface area contributed by atoms with Gasteiger partial charge in [-0.2, -0.15) is 13.2 Å². The van der Waals surface area contributed by atoms with Crippen molar-refractivity contribution in [3.63, 3.8) is 0 Å². The molecular formula is C13H19F3N2O2. The number of rotatable bonds is 6. The van der Waals surface area contributed by atoms with Gasteiger partial charge in [0.15, 0.2) is 0 Å². The molecule has 0 bridgehead atoms. The molecule has 2 N–H and O–H groups in total. The van der Waals surface area contributed by atoms with E-state index in [2.05, 4.69) is 4.98 Å². The molecule has 0 unspecified atom stereocenters. The largest absolute Gasteiger partial charge is 0.477 e. The molecule has 0 spiro atoms. The lowest BCUT2D eigenvalue weighted by molar-refractivity contribution is -0.141. The van der Waals surface area contributed by atoms with Crippen LogP contribution >= 0.6 is 0 Å². The third-order valence-corrected chi connectivity index (χ3v) is 2.94. The van der Waals surface area contributed by atoms with Gasteiger partial charge in [-0.1, -0.05) is 6.07 Å². The van der Waals surface area contributed by atoms with E-state index < -0.39 is 17.5 Å². The molecule has 114 valence electrons. The normalized spacial score (nSPS) is 12.6. The maximum atomic E-state index is 12.6. The van der Waals surface area contributed by atoms with Crippen LogP contribution in [-0.2, 0) is 17.5 Å². The molecule has 0 atom stereocenters. The van der Waals surface area contributed by atoms with Gasteiger partial charge in [-0.3, -0.25) is 0 Å². The first-order valence-corrected chi connectivity index (χ1v) is 6.15. The molecule has 7 heteroatoms. The molecule has 1 rings (SSSR count). The van der Waals surface area contributed by atoms with Crippen molar-refractivity contribution >= 4 is 0 Å². The maximum absolute atomic E-state index is 12.6. The Balaban J connectivity index is 2.82. The average molecular weight is 292 g/mol. The van der Waals surface area contributed by atoms with Gasteiger partial charge in [-0.15, -0.1) is 0 Å². The van der Waals surface area contributed by atoms with Crippen LogP contribution in [-0.4, -0.2) is 24.3 Å². The van der Waals surface area contributed by atoms with Gasteiger partial charge >= 0.3 is 6.18 Å². The van der Waals surface area contributed by atoms with Crippen molar-refractivity contribution in [2.24, 2.45) is 5.73 Å². The second-order valence-corrected chi connectivity index (χ2v) is 4.92. The van der Waals surface area contributed by atoms with Gasteiger partial charge in [0, 0.05) is 25.6 Å². The number of alkyl halides is 3. The van der Waals surface area contributed by atoms with Gasteiger partial charge in [-0.25, -0.2) is 4.98 Å². The van der Waals surface area contributed by atoms with Crippen LogP contribution in [0.15, 0.2) is 12.1 Å². The van der Waals surface area contributed by atoms with Gasteiger partial charge in [0.05, 0.1) is 12.2 Å². The quantitative estimate of drug-likeness (QED) is 0.876. The Labute approximate surface area is 116 Å². The van der Waals surface area contributed by atoms with Crippen molar-refractivity contribution in [2.45, 2.75) is 38.6 Å². The van der Waals surface area contributed by atoms with Crippen LogP contribution in [0.5, 0.6) is 5.88 Å². The van der Waals surface area contributed by atoms with E-state index in [0.29, 0.717) is 12.0 Å². The van der Waals surface area contributed by atoms with Crippen LogP contribution in [0.4, 0.5) is 13.2 Å². The number of nitrogens with two attached hydrogens (primary N) is 1. The first kappa shape index (κ1) is 16.7. The average Bonchev–Trinajstić information content (AvgIpc) is 2.37. The summed E-state index contributed by atoms with van der Waals surface area (Å²) in [5.41, 5.74) is 4.50. The SMILES string of the molecule is COC(C)(C)CCOc1nc(C(F)(F)F)ccc1CN. The Morgan fingerprint density at radius 2 is 1.90 bits per heavy atom. The highest BCUT2D eigenvalue weighted by Crippen LogP contribution is 2.30. The zero-order valence-electron chi connectivity index (χ0n) is 11.8. The standard InChI is InChI=1S/C13H19F3N2O2/c1-12(2,19-3)6-7-20-11-9(8-17)4-5-10(18-11)13(14,15)16/h4-5H,6-8,17H2,1-3H3. The van der Waals surface area contributed by atoms with E-state index in [4.69, 9.17) is 15.2 Å². The summed E-state index contributed by atoms with van der Waals surface area (Å²) >= 11 is 0. The molecular weight excluding hydrogens is 273 g/mol. The molecule has 0 aliphatic carbocycles. The minimum absolute atomic E-state index is 0.0636. The lowest BCUT2D eigenvalue weighted by Gasteiger charge is -2.22. The van der Waals surface area contributed by atoms with E-state index in [1.165, 1.54) is 6.07 Å². The highest BCUT2D eigenvalue weighted by molar-refractivity contribution is 5.29. The fourth-order valence-corrected chi connectivity index (χ4v) is 1.40. The van der Waals surface area contributed by atoms with Gasteiger partial charge in [-0.05, 0) is 19.9 Å². The number of halogens is 3. The van der Waals surface area contributed by atoms with Crippen LogP contribution in [0.2, 0.25) is 0 Å². The van der Waals surface area contributed by atoms with E-state index in [0.717, 1.165) is 6.07 Å². The van der Waals surface area contributed by atoms with Crippen molar-refractivity contribution in [1.82, 2.24) is 4.98 Å². The molecule has 1 aromatic rings. The molecule has 0 aliphatic rings. The zero-order valence-corrected chi connectivity index (χ0v) is 11.8. The van der Waals surface area contributed by atoms with Gasteiger partial charge in [0.1, 0.15) is 5.69 Å². The fraction of sp³-hybridized carbons (Fsp3) is 0.615. The summed E-state index contributed by atoms with van der Waals surface area (Å²) in [6.07, 6.45) is -3.98. The third-order valence-electron chi connectivity index (χ3n) is 2.94. The molecule has 20 heavy (non-hydrogen) atoms. The lowest BCUT2D eigenvalue weighted by atomic mass is 10.1. The Bertz CT molecular complexity index is 448. The lowest BCUT2D eigenvalue weighted by Crippen LogP contribution is -2.25. The second-order valence-electron chi connectivity index (χ2n) is 4.92. The molecule has 0 aromatic carbocycles. The molecule has 1 aromatic heterocycles. The van der Waals surface area contributed by atoms with E-state index in [9.17, 15) is 13.2 Å². The summed E-state index contributed by atoms with van der Waals surface area (Å²) in [6.45, 7) is 3.98. The topological polar surface area (TPSA) is 57.4 Å². The van der Waals surface area contributed by atoms with Gasteiger partial charge in [0.2, 0.25) is 5.88 Å². The number of methoxy groups -OCH3 is 1.